The van der Waals surface area contributed by atoms with Crippen LogP contribution in [-0.2, 0) is 19.3 Å². The maximum Gasteiger partial charge on any atom is 0.131 e. The lowest BCUT2D eigenvalue weighted by molar-refractivity contribution is 0.126. The number of hydrogen-bond donors (Lipinski definition) is 0. The minimum absolute atomic E-state index is 0.0552. The Morgan fingerprint density at radius 3 is 1.80 bits per heavy atom. The second kappa shape index (κ2) is 14.6. The summed E-state index contributed by atoms with van der Waals surface area (Å²) in [5.41, 5.74) is 7.00. The molecule has 0 spiro atoms. The van der Waals surface area contributed by atoms with Crippen LogP contribution in [-0.4, -0.2) is 6.61 Å². The molecule has 0 radical (unpaired) electrons. The van der Waals surface area contributed by atoms with Gasteiger partial charge in [-0.1, -0.05) is 73.4 Å². The monoisotopic (exact) mass is 562 g/mol. The predicted molar refractivity (Wildman–Crippen MR) is 175 cm³/mol. The maximum atomic E-state index is 16.0. The van der Waals surface area contributed by atoms with E-state index in [0.29, 0.717) is 5.92 Å². The zero-order valence-corrected chi connectivity index (χ0v) is 27.5. The molecule has 0 aliphatic heterocycles. The van der Waals surface area contributed by atoms with E-state index in [9.17, 15) is 0 Å². The van der Waals surface area contributed by atoms with Crippen LogP contribution in [0.3, 0.4) is 0 Å². The Balaban J connectivity index is 1.56. The molecule has 0 N–H and O–H groups in total. The highest BCUT2D eigenvalue weighted by Crippen LogP contribution is 2.45. The molecule has 0 unspecified atom stereocenters. The van der Waals surface area contributed by atoms with Crippen LogP contribution in [0.25, 0.3) is 11.1 Å². The minimum atomic E-state index is -0.0552. The van der Waals surface area contributed by atoms with E-state index in [1.54, 1.807) is 0 Å². The first kappa shape index (κ1) is 32.1. The van der Waals surface area contributed by atoms with E-state index in [-0.39, 0.29) is 11.2 Å². The average Bonchev–Trinajstić information content (AvgIpc) is 3.01. The van der Waals surface area contributed by atoms with Crippen LogP contribution in [0.4, 0.5) is 4.39 Å². The van der Waals surface area contributed by atoms with Crippen molar-refractivity contribution in [2.75, 3.05) is 6.61 Å². The van der Waals surface area contributed by atoms with Gasteiger partial charge in [-0.3, -0.25) is 0 Å². The van der Waals surface area contributed by atoms with Gasteiger partial charge in [-0.2, -0.15) is 0 Å². The number of benzene rings is 2. The lowest BCUT2D eigenvalue weighted by Gasteiger charge is -2.37. The van der Waals surface area contributed by atoms with Crippen molar-refractivity contribution in [2.24, 2.45) is 23.2 Å². The van der Waals surface area contributed by atoms with Crippen molar-refractivity contribution >= 4 is 0 Å². The molecule has 2 heteroatoms. The zero-order chi connectivity index (χ0) is 29.6. The van der Waals surface area contributed by atoms with Crippen molar-refractivity contribution in [1.29, 1.82) is 0 Å². The Kier molecular flexibility index (Phi) is 11.4. The number of aryl methyl sites for hydroxylation is 1. The molecule has 41 heavy (non-hydrogen) atoms. The summed E-state index contributed by atoms with van der Waals surface area (Å²) in [5.74, 6) is 4.27. The molecule has 4 rings (SSSR count). The molecule has 0 saturated heterocycles. The lowest BCUT2D eigenvalue weighted by atomic mass is 9.68. The molecule has 0 atom stereocenters. The number of ether oxygens (including phenoxy) is 1. The van der Waals surface area contributed by atoms with E-state index in [1.165, 1.54) is 73.6 Å². The van der Waals surface area contributed by atoms with Gasteiger partial charge in [-0.25, -0.2) is 4.39 Å². The van der Waals surface area contributed by atoms with Gasteiger partial charge < -0.3 is 4.74 Å². The third kappa shape index (κ3) is 7.05. The zero-order valence-electron chi connectivity index (χ0n) is 27.5. The molecule has 0 heterocycles. The van der Waals surface area contributed by atoms with Crippen molar-refractivity contribution < 1.29 is 9.13 Å². The first-order valence-electron chi connectivity index (χ1n) is 17.4. The van der Waals surface area contributed by atoms with E-state index < -0.39 is 0 Å². The van der Waals surface area contributed by atoms with E-state index in [0.717, 1.165) is 79.8 Å². The quantitative estimate of drug-likeness (QED) is 0.250. The summed E-state index contributed by atoms with van der Waals surface area (Å²) in [5, 5.41) is 0. The molecule has 0 bridgehead atoms. The van der Waals surface area contributed by atoms with Crippen molar-refractivity contribution in [3.63, 3.8) is 0 Å². The molecular formula is C39H59FO. The lowest BCUT2D eigenvalue weighted by Crippen LogP contribution is -2.27. The number of hydrogen-bond acceptors (Lipinski definition) is 1. The van der Waals surface area contributed by atoms with Crippen LogP contribution in [0.15, 0.2) is 24.3 Å². The maximum absolute atomic E-state index is 16.0. The SMILES string of the molecule is CCc1cc(-c2ccc(C3CCC(C4CCC(C)CC4)CC3)cc2F)c(CC)c(CC)c1OCC(CC)(CC)CC. The molecule has 2 aromatic rings. The van der Waals surface area contributed by atoms with Crippen molar-refractivity contribution in [2.45, 2.75) is 144 Å². The Morgan fingerprint density at radius 1 is 0.707 bits per heavy atom. The summed E-state index contributed by atoms with van der Waals surface area (Å²) in [6.07, 6.45) is 16.8. The molecule has 2 saturated carbocycles. The Hall–Kier alpha value is -1.83. The number of rotatable bonds is 12. The minimum Gasteiger partial charge on any atom is -0.492 e. The van der Waals surface area contributed by atoms with Gasteiger partial charge in [0.05, 0.1) is 6.61 Å². The summed E-state index contributed by atoms with van der Waals surface area (Å²) >= 11 is 0. The van der Waals surface area contributed by atoms with E-state index in [4.69, 9.17) is 4.74 Å². The van der Waals surface area contributed by atoms with Crippen LogP contribution < -0.4 is 4.74 Å². The van der Waals surface area contributed by atoms with Crippen LogP contribution in [0.1, 0.15) is 147 Å². The Morgan fingerprint density at radius 2 is 1.29 bits per heavy atom. The average molecular weight is 563 g/mol. The predicted octanol–water partition coefficient (Wildman–Crippen LogP) is 11.9. The first-order chi connectivity index (χ1) is 19.8. The Labute approximate surface area is 252 Å². The molecule has 228 valence electrons. The normalized spacial score (nSPS) is 23.5. The van der Waals surface area contributed by atoms with E-state index in [2.05, 4.69) is 66.7 Å². The summed E-state index contributed by atoms with van der Waals surface area (Å²) < 4.78 is 22.7. The second-order valence-electron chi connectivity index (χ2n) is 13.7. The molecule has 2 aromatic carbocycles. The van der Waals surface area contributed by atoms with E-state index >= 15 is 4.39 Å². The molecule has 1 nitrogen and oxygen atoms in total. The Bertz CT molecular complexity index is 1100. The van der Waals surface area contributed by atoms with Crippen LogP contribution in [0.2, 0.25) is 0 Å². The highest BCUT2D eigenvalue weighted by atomic mass is 19.1. The van der Waals surface area contributed by atoms with Gasteiger partial charge in [-0.15, -0.1) is 0 Å². The molecular weight excluding hydrogens is 503 g/mol. The first-order valence-corrected chi connectivity index (χ1v) is 17.4. The van der Waals surface area contributed by atoms with Gasteiger partial charge in [0.25, 0.3) is 0 Å². The largest absolute Gasteiger partial charge is 0.492 e. The van der Waals surface area contributed by atoms with Crippen LogP contribution >= 0.6 is 0 Å². The summed E-state index contributed by atoms with van der Waals surface area (Å²) in [4.78, 5) is 0. The van der Waals surface area contributed by atoms with Gasteiger partial charge in [0.1, 0.15) is 11.6 Å². The fourth-order valence-corrected chi connectivity index (χ4v) is 8.25. The summed E-state index contributed by atoms with van der Waals surface area (Å²) in [6, 6.07) is 8.45. The van der Waals surface area contributed by atoms with Crippen LogP contribution in [0.5, 0.6) is 5.75 Å². The summed E-state index contributed by atoms with van der Waals surface area (Å²) in [7, 11) is 0. The highest BCUT2D eigenvalue weighted by molar-refractivity contribution is 5.73. The van der Waals surface area contributed by atoms with Crippen molar-refractivity contribution in [3.05, 3.63) is 52.3 Å². The second-order valence-corrected chi connectivity index (χ2v) is 13.7. The van der Waals surface area contributed by atoms with Crippen LogP contribution in [0, 0.1) is 29.0 Å². The summed E-state index contributed by atoms with van der Waals surface area (Å²) in [6.45, 7) is 16.7. The molecule has 0 aromatic heterocycles. The number of halogens is 1. The third-order valence-corrected chi connectivity index (χ3v) is 11.7. The van der Waals surface area contributed by atoms with Gasteiger partial charge in [0.2, 0.25) is 0 Å². The topological polar surface area (TPSA) is 9.23 Å². The fraction of sp³-hybridized carbons (Fsp3) is 0.692. The smallest absolute Gasteiger partial charge is 0.131 e. The highest BCUT2D eigenvalue weighted by Gasteiger charge is 2.31. The molecule has 0 amide bonds. The molecule has 2 fully saturated rings. The molecule has 2 aliphatic carbocycles. The van der Waals surface area contributed by atoms with Crippen molar-refractivity contribution in [1.82, 2.24) is 0 Å². The van der Waals surface area contributed by atoms with Crippen molar-refractivity contribution in [3.8, 4) is 16.9 Å². The fourth-order valence-electron chi connectivity index (χ4n) is 8.25. The standard InChI is InChI=1S/C39H59FO/c1-8-28-24-36(33(9-2)34(10-3)38(28)41-26-39(11-4,12-5)13-6)35-23-22-32(25-37(35)40)31-20-18-30(19-21-31)29-16-14-27(7)15-17-29/h22-25,27,29-31H,8-21,26H2,1-7H3. The molecule has 2 aliphatic rings. The van der Waals surface area contributed by atoms with Gasteiger partial charge >= 0.3 is 0 Å². The third-order valence-electron chi connectivity index (χ3n) is 11.7. The van der Waals surface area contributed by atoms with Gasteiger partial charge in [0.15, 0.2) is 0 Å². The van der Waals surface area contributed by atoms with Gasteiger partial charge in [-0.05, 0) is 141 Å². The van der Waals surface area contributed by atoms with Gasteiger partial charge in [0, 0.05) is 11.0 Å². The van der Waals surface area contributed by atoms with E-state index in [1.807, 2.05) is 6.07 Å².